The minimum absolute atomic E-state index is 0.292. The van der Waals surface area contributed by atoms with Gasteiger partial charge in [-0.3, -0.25) is 4.79 Å². The summed E-state index contributed by atoms with van der Waals surface area (Å²) in [6.07, 6.45) is 4.57. The van der Waals surface area contributed by atoms with Crippen LogP contribution in [0.2, 0.25) is 0 Å². The highest BCUT2D eigenvalue weighted by atomic mass is 16.5. The maximum Gasteiger partial charge on any atom is 0.133 e. The van der Waals surface area contributed by atoms with Crippen LogP contribution in [0.15, 0.2) is 18.2 Å². The van der Waals surface area contributed by atoms with Crippen molar-refractivity contribution >= 4 is 5.78 Å². The van der Waals surface area contributed by atoms with Crippen LogP contribution in [0, 0.1) is 0 Å². The monoisotopic (exact) mass is 248 g/mol. The molecule has 1 aromatic carbocycles. The van der Waals surface area contributed by atoms with Crippen LogP contribution in [-0.2, 0) is 4.79 Å². The first-order chi connectivity index (χ1) is 8.74. The lowest BCUT2D eigenvalue weighted by molar-refractivity contribution is -0.119. The molecular weight excluding hydrogens is 228 g/mol. The van der Waals surface area contributed by atoms with Crippen LogP contribution >= 0.6 is 0 Å². The fourth-order valence-corrected chi connectivity index (χ4v) is 2.61. The van der Waals surface area contributed by atoms with Crippen molar-refractivity contribution in [3.63, 3.8) is 0 Å². The number of rotatable bonds is 3. The van der Waals surface area contributed by atoms with E-state index in [1.54, 1.807) is 14.2 Å². The lowest BCUT2D eigenvalue weighted by Crippen LogP contribution is -2.05. The van der Waals surface area contributed by atoms with E-state index in [4.69, 9.17) is 9.47 Å². The van der Waals surface area contributed by atoms with Gasteiger partial charge in [0.05, 0.1) is 14.2 Å². The topological polar surface area (TPSA) is 35.5 Å². The van der Waals surface area contributed by atoms with Gasteiger partial charge in [-0.15, -0.1) is 0 Å². The molecule has 1 atom stereocenters. The Morgan fingerprint density at radius 1 is 1.17 bits per heavy atom. The third-order valence-electron chi connectivity index (χ3n) is 3.61. The largest absolute Gasteiger partial charge is 0.497 e. The maximum atomic E-state index is 11.7. The van der Waals surface area contributed by atoms with Crippen LogP contribution in [0.3, 0.4) is 0 Å². The van der Waals surface area contributed by atoms with E-state index in [2.05, 4.69) is 0 Å². The third kappa shape index (κ3) is 2.84. The van der Waals surface area contributed by atoms with Gasteiger partial charge in [-0.2, -0.15) is 0 Å². The Bertz CT molecular complexity index is 426. The molecule has 3 nitrogen and oxygen atoms in total. The van der Waals surface area contributed by atoms with E-state index in [1.807, 2.05) is 18.2 Å². The first-order valence-electron chi connectivity index (χ1n) is 6.48. The molecule has 1 unspecified atom stereocenters. The molecule has 1 saturated carbocycles. The SMILES string of the molecule is COc1ccc(C2CCCCC(=O)C2)c(OC)c1. The van der Waals surface area contributed by atoms with Gasteiger partial charge in [-0.25, -0.2) is 0 Å². The van der Waals surface area contributed by atoms with E-state index >= 15 is 0 Å². The fourth-order valence-electron chi connectivity index (χ4n) is 2.61. The average Bonchev–Trinajstić information content (AvgIpc) is 2.62. The van der Waals surface area contributed by atoms with Gasteiger partial charge in [0.2, 0.25) is 0 Å². The van der Waals surface area contributed by atoms with Gasteiger partial charge >= 0.3 is 0 Å². The summed E-state index contributed by atoms with van der Waals surface area (Å²) in [7, 11) is 3.31. The zero-order valence-electron chi connectivity index (χ0n) is 11.1. The third-order valence-corrected chi connectivity index (χ3v) is 3.61. The molecule has 0 spiro atoms. The Morgan fingerprint density at radius 3 is 2.72 bits per heavy atom. The van der Waals surface area contributed by atoms with Crippen LogP contribution in [0.5, 0.6) is 11.5 Å². The fraction of sp³-hybridized carbons (Fsp3) is 0.533. The maximum absolute atomic E-state index is 11.7. The molecule has 0 saturated heterocycles. The number of benzene rings is 1. The van der Waals surface area contributed by atoms with Gasteiger partial charge in [0.15, 0.2) is 0 Å². The summed E-state index contributed by atoms with van der Waals surface area (Å²) >= 11 is 0. The van der Waals surface area contributed by atoms with Crippen LogP contribution in [0.1, 0.15) is 43.6 Å². The van der Waals surface area contributed by atoms with Crippen molar-refractivity contribution in [1.29, 1.82) is 0 Å². The van der Waals surface area contributed by atoms with Crippen molar-refractivity contribution in [2.75, 3.05) is 14.2 Å². The second-order valence-corrected chi connectivity index (χ2v) is 4.79. The molecule has 1 aliphatic carbocycles. The quantitative estimate of drug-likeness (QED) is 0.770. The molecule has 0 radical (unpaired) electrons. The van der Waals surface area contributed by atoms with Gasteiger partial charge in [0, 0.05) is 18.9 Å². The van der Waals surface area contributed by atoms with Crippen molar-refractivity contribution < 1.29 is 14.3 Å². The highest BCUT2D eigenvalue weighted by Gasteiger charge is 2.22. The number of methoxy groups -OCH3 is 2. The average molecular weight is 248 g/mol. The van der Waals surface area contributed by atoms with E-state index in [-0.39, 0.29) is 0 Å². The highest BCUT2D eigenvalue weighted by molar-refractivity contribution is 5.79. The van der Waals surface area contributed by atoms with Crippen molar-refractivity contribution in [3.05, 3.63) is 23.8 Å². The van der Waals surface area contributed by atoms with Gasteiger partial charge in [-0.1, -0.05) is 12.5 Å². The zero-order chi connectivity index (χ0) is 13.0. The number of ketones is 1. The summed E-state index contributed by atoms with van der Waals surface area (Å²) in [6, 6.07) is 5.86. The highest BCUT2D eigenvalue weighted by Crippen LogP contribution is 2.37. The van der Waals surface area contributed by atoms with Gasteiger partial charge in [-0.05, 0) is 30.4 Å². The second kappa shape index (κ2) is 5.89. The summed E-state index contributed by atoms with van der Waals surface area (Å²) in [5.41, 5.74) is 1.13. The molecule has 98 valence electrons. The number of hydrogen-bond donors (Lipinski definition) is 0. The number of Topliss-reactive ketones (excluding diaryl/α,β-unsaturated/α-hetero) is 1. The Kier molecular flexibility index (Phi) is 4.24. The van der Waals surface area contributed by atoms with Crippen LogP contribution in [0.25, 0.3) is 0 Å². The van der Waals surface area contributed by atoms with Crippen LogP contribution in [-0.4, -0.2) is 20.0 Å². The van der Waals surface area contributed by atoms with Crippen molar-refractivity contribution in [1.82, 2.24) is 0 Å². The number of carbonyl (C=O) groups is 1. The number of carbonyl (C=O) groups excluding carboxylic acids is 1. The standard InChI is InChI=1S/C15H20O3/c1-17-13-7-8-14(15(10-13)18-2)11-5-3-4-6-12(16)9-11/h7-8,10-11H,3-6,9H2,1-2H3. The molecule has 3 heteroatoms. The summed E-state index contributed by atoms with van der Waals surface area (Å²) in [6.45, 7) is 0. The normalized spacial score (nSPS) is 20.3. The van der Waals surface area contributed by atoms with Gasteiger partial charge in [0.1, 0.15) is 17.3 Å². The van der Waals surface area contributed by atoms with E-state index in [0.717, 1.165) is 42.7 Å². The van der Waals surface area contributed by atoms with Crippen molar-refractivity contribution in [2.24, 2.45) is 0 Å². The molecule has 0 heterocycles. The van der Waals surface area contributed by atoms with E-state index in [0.29, 0.717) is 18.1 Å². The van der Waals surface area contributed by atoms with Crippen molar-refractivity contribution in [3.8, 4) is 11.5 Å². The molecule has 0 aliphatic heterocycles. The molecule has 0 amide bonds. The minimum Gasteiger partial charge on any atom is -0.497 e. The molecule has 1 aliphatic rings. The molecule has 1 fully saturated rings. The molecular formula is C15H20O3. The molecule has 2 rings (SSSR count). The summed E-state index contributed by atoms with van der Waals surface area (Å²) in [4.78, 5) is 11.7. The van der Waals surface area contributed by atoms with Gasteiger partial charge in [0.25, 0.3) is 0 Å². The summed E-state index contributed by atoms with van der Waals surface area (Å²) < 4.78 is 10.6. The minimum atomic E-state index is 0.292. The molecule has 0 aromatic heterocycles. The smallest absolute Gasteiger partial charge is 0.133 e. The van der Waals surface area contributed by atoms with Crippen molar-refractivity contribution in [2.45, 2.75) is 38.0 Å². The Hall–Kier alpha value is -1.51. The molecule has 18 heavy (non-hydrogen) atoms. The predicted octanol–water partition coefficient (Wildman–Crippen LogP) is 3.32. The Labute approximate surface area is 108 Å². The molecule has 0 N–H and O–H groups in total. The molecule has 1 aromatic rings. The predicted molar refractivity (Wildman–Crippen MR) is 70.4 cm³/mol. The molecule has 0 bridgehead atoms. The van der Waals surface area contributed by atoms with Gasteiger partial charge < -0.3 is 9.47 Å². The van der Waals surface area contributed by atoms with E-state index in [9.17, 15) is 4.79 Å². The van der Waals surface area contributed by atoms with Crippen LogP contribution in [0.4, 0.5) is 0 Å². The van der Waals surface area contributed by atoms with E-state index in [1.165, 1.54) is 0 Å². The Balaban J connectivity index is 2.27. The Morgan fingerprint density at radius 2 is 2.00 bits per heavy atom. The lowest BCUT2D eigenvalue weighted by Gasteiger charge is -2.18. The summed E-state index contributed by atoms with van der Waals surface area (Å²) in [5, 5.41) is 0. The zero-order valence-corrected chi connectivity index (χ0v) is 11.1. The second-order valence-electron chi connectivity index (χ2n) is 4.79. The van der Waals surface area contributed by atoms with Crippen LogP contribution < -0.4 is 9.47 Å². The lowest BCUT2D eigenvalue weighted by atomic mass is 9.90. The first-order valence-corrected chi connectivity index (χ1v) is 6.48. The number of ether oxygens (including phenoxy) is 2. The summed E-state index contributed by atoms with van der Waals surface area (Å²) in [5.74, 6) is 2.28. The first kappa shape index (κ1) is 12.9. The van der Waals surface area contributed by atoms with E-state index < -0.39 is 0 Å². The number of hydrogen-bond acceptors (Lipinski definition) is 3.